The van der Waals surface area contributed by atoms with Gasteiger partial charge in [0.15, 0.2) is 0 Å². The number of rotatable bonds is 3. The second-order valence-electron chi connectivity index (χ2n) is 7.24. The van der Waals surface area contributed by atoms with Crippen molar-refractivity contribution in [1.82, 2.24) is 19.8 Å². The number of amides is 3. The lowest BCUT2D eigenvalue weighted by atomic mass is 10.2. The molecule has 3 amide bonds. The molecule has 1 N–H and O–H groups in total. The van der Waals surface area contributed by atoms with Crippen molar-refractivity contribution < 1.29 is 9.59 Å². The Morgan fingerprint density at radius 2 is 1.84 bits per heavy atom. The van der Waals surface area contributed by atoms with Crippen LogP contribution >= 0.6 is 0 Å². The summed E-state index contributed by atoms with van der Waals surface area (Å²) in [4.78, 5) is 37.2. The minimum absolute atomic E-state index is 0.00816. The molecule has 0 bridgehead atoms. The van der Waals surface area contributed by atoms with Gasteiger partial charge >= 0.3 is 6.03 Å². The van der Waals surface area contributed by atoms with E-state index >= 15 is 0 Å². The smallest absolute Gasteiger partial charge is 0.322 e. The first-order valence-corrected chi connectivity index (χ1v) is 9.14. The first kappa shape index (κ1) is 17.6. The zero-order chi connectivity index (χ0) is 18.0. The third-order valence-electron chi connectivity index (χ3n) is 4.73. The Morgan fingerprint density at radius 3 is 2.52 bits per heavy atom. The van der Waals surface area contributed by atoms with Gasteiger partial charge in [-0.3, -0.25) is 4.79 Å². The fourth-order valence-electron chi connectivity index (χ4n) is 3.15. The van der Waals surface area contributed by atoms with Crippen LogP contribution in [0, 0.1) is 12.8 Å². The normalized spacial score (nSPS) is 18.2. The fourth-order valence-corrected chi connectivity index (χ4v) is 3.15. The molecule has 7 heteroatoms. The molecule has 1 aromatic rings. The Kier molecular flexibility index (Phi) is 5.20. The average molecular weight is 345 g/mol. The van der Waals surface area contributed by atoms with Crippen LogP contribution in [-0.4, -0.2) is 57.9 Å². The van der Waals surface area contributed by atoms with Gasteiger partial charge in [0.25, 0.3) is 0 Å². The van der Waals surface area contributed by atoms with Gasteiger partial charge in [-0.1, -0.05) is 13.8 Å². The third kappa shape index (κ3) is 4.27. The van der Waals surface area contributed by atoms with Gasteiger partial charge in [-0.15, -0.1) is 0 Å². The number of hydrogen-bond acceptors (Lipinski definition) is 4. The number of aryl methyl sites for hydroxylation is 1. The van der Waals surface area contributed by atoms with Crippen LogP contribution in [0.4, 0.5) is 10.5 Å². The Bertz CT molecular complexity index is 657. The molecule has 2 aliphatic rings. The first-order valence-electron chi connectivity index (χ1n) is 9.14. The molecule has 1 aromatic heterocycles. The molecule has 1 saturated heterocycles. The molecule has 0 unspecified atom stereocenters. The lowest BCUT2D eigenvalue weighted by molar-refractivity contribution is -0.134. The summed E-state index contributed by atoms with van der Waals surface area (Å²) in [6, 6.07) is -0.131. The molecule has 3 rings (SSSR count). The van der Waals surface area contributed by atoms with Crippen LogP contribution in [0.15, 0.2) is 6.20 Å². The van der Waals surface area contributed by atoms with Crippen molar-refractivity contribution in [2.75, 3.05) is 31.5 Å². The Balaban J connectivity index is 1.63. The van der Waals surface area contributed by atoms with E-state index in [-0.39, 0.29) is 17.9 Å². The minimum Gasteiger partial charge on any atom is -0.341 e. The Hall–Kier alpha value is -2.18. The molecule has 0 radical (unpaired) electrons. The van der Waals surface area contributed by atoms with E-state index < -0.39 is 0 Å². The van der Waals surface area contributed by atoms with Crippen molar-refractivity contribution in [2.45, 2.75) is 46.0 Å². The second kappa shape index (κ2) is 7.37. The van der Waals surface area contributed by atoms with Gasteiger partial charge in [-0.2, -0.15) is 0 Å². The minimum atomic E-state index is -0.131. The highest BCUT2D eigenvalue weighted by Gasteiger charge is 2.30. The van der Waals surface area contributed by atoms with Crippen molar-refractivity contribution in [1.29, 1.82) is 0 Å². The zero-order valence-corrected chi connectivity index (χ0v) is 15.3. The van der Waals surface area contributed by atoms with Crippen molar-refractivity contribution in [3.63, 3.8) is 0 Å². The van der Waals surface area contributed by atoms with Crippen molar-refractivity contribution >= 4 is 17.6 Å². The van der Waals surface area contributed by atoms with Crippen LogP contribution in [-0.2, 0) is 4.79 Å². The lowest BCUT2D eigenvalue weighted by Gasteiger charge is -2.24. The van der Waals surface area contributed by atoms with Gasteiger partial charge in [-0.25, -0.2) is 14.8 Å². The molecule has 7 nitrogen and oxygen atoms in total. The van der Waals surface area contributed by atoms with E-state index in [1.165, 1.54) is 0 Å². The van der Waals surface area contributed by atoms with Crippen LogP contribution < -0.4 is 5.32 Å². The maximum atomic E-state index is 12.7. The van der Waals surface area contributed by atoms with E-state index in [0.29, 0.717) is 32.1 Å². The number of nitrogens with one attached hydrogen (secondary N) is 1. The molecule has 2 heterocycles. The third-order valence-corrected chi connectivity index (χ3v) is 4.73. The van der Waals surface area contributed by atoms with Gasteiger partial charge in [0.1, 0.15) is 5.82 Å². The second-order valence-corrected chi connectivity index (χ2v) is 7.24. The van der Waals surface area contributed by atoms with Gasteiger partial charge in [0, 0.05) is 38.0 Å². The number of carbonyl (C=O) groups is 2. The van der Waals surface area contributed by atoms with Crippen molar-refractivity contribution in [3.05, 3.63) is 17.7 Å². The van der Waals surface area contributed by atoms with Crippen LogP contribution in [0.5, 0.6) is 0 Å². The number of aromatic nitrogens is 2. The summed E-state index contributed by atoms with van der Waals surface area (Å²) in [5.74, 6) is 1.33. The molecule has 0 spiro atoms. The van der Waals surface area contributed by atoms with E-state index in [1.807, 2.05) is 25.7 Å². The maximum Gasteiger partial charge on any atom is 0.322 e. The topological polar surface area (TPSA) is 78.4 Å². The van der Waals surface area contributed by atoms with Crippen LogP contribution in [0.2, 0.25) is 0 Å². The predicted molar refractivity (Wildman–Crippen MR) is 95.4 cm³/mol. The van der Waals surface area contributed by atoms with E-state index in [0.717, 1.165) is 36.5 Å². The number of carbonyl (C=O) groups excluding carboxylic acids is 2. The Labute approximate surface area is 148 Å². The summed E-state index contributed by atoms with van der Waals surface area (Å²) in [6.07, 6.45) is 4.75. The molecular weight excluding hydrogens is 318 g/mol. The molecule has 0 atom stereocenters. The zero-order valence-electron chi connectivity index (χ0n) is 15.3. The van der Waals surface area contributed by atoms with E-state index in [4.69, 9.17) is 0 Å². The number of urea groups is 1. The molecule has 136 valence electrons. The van der Waals surface area contributed by atoms with E-state index in [9.17, 15) is 9.59 Å². The SMILES string of the molecule is Cc1ncc(NC(=O)N2CCCN(C(=O)C(C)C)CC2)c(C2CC2)n1. The summed E-state index contributed by atoms with van der Waals surface area (Å²) in [7, 11) is 0. The van der Waals surface area contributed by atoms with Gasteiger partial charge in [-0.05, 0) is 26.2 Å². The summed E-state index contributed by atoms with van der Waals surface area (Å²) in [5, 5.41) is 2.98. The molecule has 2 fully saturated rings. The van der Waals surface area contributed by atoms with Gasteiger partial charge < -0.3 is 15.1 Å². The monoisotopic (exact) mass is 345 g/mol. The molecule has 0 aromatic carbocycles. The summed E-state index contributed by atoms with van der Waals surface area (Å²) < 4.78 is 0. The summed E-state index contributed by atoms with van der Waals surface area (Å²) in [5.41, 5.74) is 1.67. The highest BCUT2D eigenvalue weighted by atomic mass is 16.2. The Morgan fingerprint density at radius 1 is 1.16 bits per heavy atom. The van der Waals surface area contributed by atoms with E-state index in [1.54, 1.807) is 11.1 Å². The lowest BCUT2D eigenvalue weighted by Crippen LogP contribution is -2.40. The van der Waals surface area contributed by atoms with Crippen LogP contribution in [0.1, 0.15) is 50.5 Å². The molecular formula is C18H27N5O2. The standard InChI is InChI=1S/C18H27N5O2/c1-12(2)17(24)22-7-4-8-23(10-9-22)18(25)21-15-11-19-13(3)20-16(15)14-5-6-14/h11-12,14H,4-10H2,1-3H3,(H,21,25). The van der Waals surface area contributed by atoms with Gasteiger partial charge in [0.05, 0.1) is 17.6 Å². The fraction of sp³-hybridized carbons (Fsp3) is 0.667. The quantitative estimate of drug-likeness (QED) is 0.912. The van der Waals surface area contributed by atoms with Gasteiger partial charge in [0.2, 0.25) is 5.91 Å². The largest absolute Gasteiger partial charge is 0.341 e. The van der Waals surface area contributed by atoms with Crippen molar-refractivity contribution in [2.24, 2.45) is 5.92 Å². The average Bonchev–Trinajstić information content (AvgIpc) is 3.42. The molecule has 1 aliphatic heterocycles. The maximum absolute atomic E-state index is 12.7. The number of hydrogen-bond donors (Lipinski definition) is 1. The molecule has 1 aliphatic carbocycles. The van der Waals surface area contributed by atoms with Crippen LogP contribution in [0.3, 0.4) is 0 Å². The molecule has 1 saturated carbocycles. The van der Waals surface area contributed by atoms with Crippen molar-refractivity contribution in [3.8, 4) is 0 Å². The van der Waals surface area contributed by atoms with Crippen LogP contribution in [0.25, 0.3) is 0 Å². The molecule has 25 heavy (non-hydrogen) atoms. The summed E-state index contributed by atoms with van der Waals surface area (Å²) in [6.45, 7) is 8.19. The number of nitrogens with zero attached hydrogens (tertiary/aromatic N) is 4. The van der Waals surface area contributed by atoms with E-state index in [2.05, 4.69) is 15.3 Å². The summed E-state index contributed by atoms with van der Waals surface area (Å²) >= 11 is 0. The number of anilines is 1. The predicted octanol–water partition coefficient (Wildman–Crippen LogP) is 2.38. The highest BCUT2D eigenvalue weighted by Crippen LogP contribution is 2.42. The highest BCUT2D eigenvalue weighted by molar-refractivity contribution is 5.90. The first-order chi connectivity index (χ1) is 12.0.